The van der Waals surface area contributed by atoms with Crippen molar-refractivity contribution in [3.63, 3.8) is 0 Å². The third-order valence-corrected chi connectivity index (χ3v) is 10.5. The lowest BCUT2D eigenvalue weighted by Crippen LogP contribution is -2.38. The van der Waals surface area contributed by atoms with Crippen molar-refractivity contribution in [1.82, 2.24) is 19.5 Å². The van der Waals surface area contributed by atoms with Crippen LogP contribution in [0.25, 0.3) is 32.7 Å². The van der Waals surface area contributed by atoms with Gasteiger partial charge in [-0.2, -0.15) is 0 Å². The minimum Gasteiger partial charge on any atom is -0.497 e. The van der Waals surface area contributed by atoms with E-state index in [0.717, 1.165) is 50.0 Å². The Morgan fingerprint density at radius 3 is 2.04 bits per heavy atom. The van der Waals surface area contributed by atoms with Crippen molar-refractivity contribution in [1.29, 1.82) is 0 Å². The summed E-state index contributed by atoms with van der Waals surface area (Å²) in [5.41, 5.74) is 3.77. The highest BCUT2D eigenvalue weighted by Gasteiger charge is 2.42. The Bertz CT molecular complexity index is 2550. The number of imidazole rings is 1. The molecule has 9 rings (SSSR count). The Balaban J connectivity index is 1.02. The molecular weight excluding hydrogens is 691 g/mol. The first-order valence-corrected chi connectivity index (χ1v) is 18.2. The molecule has 6 aromatic carbocycles. The van der Waals surface area contributed by atoms with Gasteiger partial charge in [0.2, 0.25) is 0 Å². The van der Waals surface area contributed by atoms with Gasteiger partial charge in [0, 0.05) is 17.5 Å². The highest BCUT2D eigenvalue weighted by Crippen LogP contribution is 2.43. The lowest BCUT2D eigenvalue weighted by atomic mass is 9.80. The van der Waals surface area contributed by atoms with Gasteiger partial charge in [0.15, 0.2) is 17.0 Å². The van der Waals surface area contributed by atoms with Crippen LogP contribution in [0.3, 0.4) is 0 Å². The number of anilines is 2. The molecule has 10 heteroatoms. The average molecular weight is 730 g/mol. The number of hydrogen-bond acceptors (Lipinski definition) is 9. The molecule has 0 amide bonds. The third kappa shape index (κ3) is 6.20. The van der Waals surface area contributed by atoms with E-state index in [9.17, 15) is 5.11 Å². The van der Waals surface area contributed by atoms with Crippen molar-refractivity contribution in [3.8, 4) is 11.5 Å². The van der Waals surface area contributed by atoms with E-state index < -0.39 is 24.0 Å². The summed E-state index contributed by atoms with van der Waals surface area (Å²) >= 11 is 0. The van der Waals surface area contributed by atoms with Crippen LogP contribution >= 0.6 is 0 Å². The van der Waals surface area contributed by atoms with Crippen LogP contribution in [0, 0.1) is 0 Å². The second-order valence-corrected chi connectivity index (χ2v) is 13.6. The van der Waals surface area contributed by atoms with Crippen LogP contribution in [0.2, 0.25) is 0 Å². The maximum Gasteiger partial charge on any atom is 0.167 e. The van der Waals surface area contributed by atoms with Crippen LogP contribution in [-0.4, -0.2) is 57.7 Å². The molecule has 3 heterocycles. The normalized spacial score (nSPS) is 17.2. The summed E-state index contributed by atoms with van der Waals surface area (Å²) in [5, 5.41) is 19.6. The zero-order chi connectivity index (χ0) is 37.4. The maximum absolute atomic E-state index is 11.5. The summed E-state index contributed by atoms with van der Waals surface area (Å²) in [7, 11) is 3.29. The fourth-order valence-corrected chi connectivity index (χ4v) is 7.76. The summed E-state index contributed by atoms with van der Waals surface area (Å²) in [4.78, 5) is 14.0. The highest BCUT2D eigenvalue weighted by molar-refractivity contribution is 6.13. The first kappa shape index (κ1) is 34.4. The molecule has 0 saturated carbocycles. The van der Waals surface area contributed by atoms with Gasteiger partial charge >= 0.3 is 0 Å². The largest absolute Gasteiger partial charge is 0.497 e. The molecule has 0 radical (unpaired) electrons. The van der Waals surface area contributed by atoms with E-state index in [-0.39, 0.29) is 6.61 Å². The van der Waals surface area contributed by atoms with Crippen LogP contribution in [0.1, 0.15) is 29.3 Å². The van der Waals surface area contributed by atoms with Gasteiger partial charge < -0.3 is 29.4 Å². The highest BCUT2D eigenvalue weighted by atomic mass is 16.6. The molecule has 3 atom stereocenters. The number of benzene rings is 6. The zero-order valence-electron chi connectivity index (χ0n) is 30.4. The van der Waals surface area contributed by atoms with Crippen molar-refractivity contribution < 1.29 is 24.1 Å². The quantitative estimate of drug-likeness (QED) is 0.0999. The fraction of sp³-hybridized carbons (Fsp3) is 0.178. The van der Waals surface area contributed by atoms with Gasteiger partial charge in [0.05, 0.1) is 33.3 Å². The Kier molecular flexibility index (Phi) is 9.07. The minimum atomic E-state index is -1.05. The van der Waals surface area contributed by atoms with Gasteiger partial charge in [0.1, 0.15) is 35.8 Å². The molecule has 8 aromatic rings. The first-order valence-electron chi connectivity index (χ1n) is 18.2. The van der Waals surface area contributed by atoms with Gasteiger partial charge in [-0.25, -0.2) is 15.0 Å². The lowest BCUT2D eigenvalue weighted by Gasteiger charge is -2.37. The number of aliphatic hydroxyl groups is 1. The second kappa shape index (κ2) is 14.5. The number of aromatic nitrogens is 4. The Morgan fingerprint density at radius 1 is 0.727 bits per heavy atom. The number of fused-ring (bicyclic) bond motifs is 4. The van der Waals surface area contributed by atoms with E-state index in [2.05, 4.69) is 57.7 Å². The van der Waals surface area contributed by atoms with E-state index in [0.29, 0.717) is 23.4 Å². The topological polar surface area (TPSA) is 113 Å². The van der Waals surface area contributed by atoms with E-state index in [1.807, 2.05) is 95.6 Å². The number of methoxy groups -OCH3 is 2. The minimum absolute atomic E-state index is 0.0913. The van der Waals surface area contributed by atoms with E-state index in [1.165, 1.54) is 11.7 Å². The summed E-state index contributed by atoms with van der Waals surface area (Å²) in [6.07, 6.45) is 1.55. The molecule has 10 nitrogen and oxygen atoms in total. The number of hydrogen-bond donors (Lipinski definition) is 2. The van der Waals surface area contributed by atoms with Crippen LogP contribution in [0.5, 0.6) is 11.5 Å². The second-order valence-electron chi connectivity index (χ2n) is 13.6. The molecule has 274 valence electrons. The first-order chi connectivity index (χ1) is 27.1. The number of ether oxygens (including phenoxy) is 4. The van der Waals surface area contributed by atoms with Crippen molar-refractivity contribution in [2.45, 2.75) is 30.5 Å². The maximum atomic E-state index is 11.5. The summed E-state index contributed by atoms with van der Waals surface area (Å²) in [6, 6.07) is 44.6. The van der Waals surface area contributed by atoms with E-state index in [4.69, 9.17) is 23.9 Å². The fourth-order valence-electron chi connectivity index (χ4n) is 7.76. The predicted molar refractivity (Wildman–Crippen MR) is 213 cm³/mol. The molecule has 2 N–H and O–H groups in total. The SMILES string of the molecule is COc1ccc(C(OC[C@H]2O[C@@H](n3cnc4c(Nc5cc6ccccc6c6ccccc56)ncnc43)C[C@@H]2O)(c2ccccc2)c2ccc(OC)cc2)cc1. The van der Waals surface area contributed by atoms with Gasteiger partial charge in [-0.15, -0.1) is 0 Å². The molecule has 0 spiro atoms. The Labute approximate surface area is 317 Å². The Hall–Kier alpha value is -6.33. The van der Waals surface area contributed by atoms with Gasteiger partial charge in [-0.05, 0) is 63.2 Å². The zero-order valence-corrected chi connectivity index (χ0v) is 30.4. The molecule has 0 aliphatic carbocycles. The Morgan fingerprint density at radius 2 is 1.35 bits per heavy atom. The smallest absolute Gasteiger partial charge is 0.167 e. The summed E-state index contributed by atoms with van der Waals surface area (Å²) in [5.74, 6) is 2.05. The molecule has 1 saturated heterocycles. The number of nitrogens with one attached hydrogen (secondary N) is 1. The number of rotatable bonds is 11. The summed E-state index contributed by atoms with van der Waals surface area (Å²) < 4.78 is 26.5. The summed E-state index contributed by atoms with van der Waals surface area (Å²) in [6.45, 7) is 0.0913. The third-order valence-electron chi connectivity index (χ3n) is 10.5. The molecule has 0 unspecified atom stereocenters. The van der Waals surface area contributed by atoms with Gasteiger partial charge in [-0.3, -0.25) is 4.57 Å². The van der Waals surface area contributed by atoms with Crippen molar-refractivity contribution in [2.75, 3.05) is 26.1 Å². The predicted octanol–water partition coefficient (Wildman–Crippen LogP) is 8.55. The van der Waals surface area contributed by atoms with Crippen LogP contribution < -0.4 is 14.8 Å². The molecule has 0 bridgehead atoms. The monoisotopic (exact) mass is 729 g/mol. The van der Waals surface area contributed by atoms with Gasteiger partial charge in [-0.1, -0.05) is 103 Å². The lowest BCUT2D eigenvalue weighted by molar-refractivity contribution is -0.0931. The van der Waals surface area contributed by atoms with Crippen molar-refractivity contribution in [2.24, 2.45) is 0 Å². The molecule has 2 aromatic heterocycles. The molecule has 1 aliphatic heterocycles. The molecule has 1 fully saturated rings. The van der Waals surface area contributed by atoms with Crippen LogP contribution in [0.4, 0.5) is 11.5 Å². The average Bonchev–Trinajstić information content (AvgIpc) is 3.85. The van der Waals surface area contributed by atoms with E-state index >= 15 is 0 Å². The molecule has 55 heavy (non-hydrogen) atoms. The van der Waals surface area contributed by atoms with E-state index in [1.54, 1.807) is 20.5 Å². The van der Waals surface area contributed by atoms with Crippen molar-refractivity contribution in [3.05, 3.63) is 163 Å². The number of aliphatic hydroxyl groups excluding tert-OH is 1. The molecule has 1 aliphatic rings. The van der Waals surface area contributed by atoms with Gasteiger partial charge in [0.25, 0.3) is 0 Å². The van der Waals surface area contributed by atoms with Crippen molar-refractivity contribution >= 4 is 44.2 Å². The standard InChI is InChI=1S/C45H39N5O5/c1-52-33-20-16-31(17-21-33)45(30-11-4-3-5-12-30,32-18-22-34(53-2)23-19-32)54-26-40-39(51)25-41(55-40)50-28-48-42-43(46-27-47-44(42)50)49-38-24-29-10-6-7-13-35(29)36-14-8-9-15-37(36)38/h3-24,27-28,39-41,51H,25-26H2,1-2H3,(H,46,47,49)/t39-,40+,41+/m0/s1. The van der Waals surface area contributed by atoms with Crippen LogP contribution in [-0.2, 0) is 15.1 Å². The van der Waals surface area contributed by atoms with Crippen LogP contribution in [0.15, 0.2) is 146 Å². The number of nitrogens with zero attached hydrogens (tertiary/aromatic N) is 4. The molecular formula is C45H39N5O5.